The number of carbonyl (C=O) groups excluding carboxylic acids is 1. The van der Waals surface area contributed by atoms with Crippen molar-refractivity contribution in [3.63, 3.8) is 0 Å². The van der Waals surface area contributed by atoms with E-state index in [1.165, 1.54) is 0 Å². The number of anilines is 1. The van der Waals surface area contributed by atoms with Crippen LogP contribution in [0.15, 0.2) is 18.2 Å². The second kappa shape index (κ2) is 5.73. The fourth-order valence-corrected chi connectivity index (χ4v) is 2.16. The highest BCUT2D eigenvalue weighted by Gasteiger charge is 2.15. The highest BCUT2D eigenvalue weighted by atomic mass is 16.5. The van der Waals surface area contributed by atoms with Crippen molar-refractivity contribution in [1.82, 2.24) is 10.2 Å². The molecule has 0 spiro atoms. The minimum Gasteiger partial charge on any atom is -0.497 e. The Morgan fingerprint density at radius 1 is 1.44 bits per heavy atom. The number of methoxy groups -OCH3 is 1. The standard InChI is InChI=1S/C13H19N3O2/c1-18-12-6-10(5-11(14)7-12)8-16-4-2-3-15-13(17)9-16/h5-7H,2-4,8-9,14H2,1H3,(H,15,17). The molecular formula is C13H19N3O2. The number of nitrogens with zero attached hydrogens (tertiary/aromatic N) is 1. The largest absolute Gasteiger partial charge is 0.497 e. The summed E-state index contributed by atoms with van der Waals surface area (Å²) in [6, 6.07) is 5.67. The molecule has 1 aromatic rings. The van der Waals surface area contributed by atoms with Crippen molar-refractivity contribution in [3.8, 4) is 5.75 Å². The van der Waals surface area contributed by atoms with Crippen LogP contribution >= 0.6 is 0 Å². The number of amides is 1. The van der Waals surface area contributed by atoms with Gasteiger partial charge in [-0.05, 0) is 24.1 Å². The molecule has 0 atom stereocenters. The summed E-state index contributed by atoms with van der Waals surface area (Å²) in [6.45, 7) is 2.83. The molecule has 0 aromatic heterocycles. The van der Waals surface area contributed by atoms with Crippen LogP contribution in [0.2, 0.25) is 0 Å². The zero-order valence-corrected chi connectivity index (χ0v) is 10.6. The van der Waals surface area contributed by atoms with E-state index in [0.29, 0.717) is 12.2 Å². The molecule has 3 N–H and O–H groups in total. The summed E-state index contributed by atoms with van der Waals surface area (Å²) in [5, 5.41) is 2.86. The number of carbonyl (C=O) groups is 1. The zero-order chi connectivity index (χ0) is 13.0. The van der Waals surface area contributed by atoms with E-state index in [0.717, 1.165) is 37.4 Å². The maximum Gasteiger partial charge on any atom is 0.234 e. The van der Waals surface area contributed by atoms with E-state index in [2.05, 4.69) is 10.2 Å². The minimum atomic E-state index is 0.0865. The highest BCUT2D eigenvalue weighted by molar-refractivity contribution is 5.78. The van der Waals surface area contributed by atoms with Crippen LogP contribution in [0, 0.1) is 0 Å². The summed E-state index contributed by atoms with van der Waals surface area (Å²) >= 11 is 0. The van der Waals surface area contributed by atoms with Crippen LogP contribution in [0.5, 0.6) is 5.75 Å². The van der Waals surface area contributed by atoms with Crippen LogP contribution in [-0.4, -0.2) is 37.6 Å². The van der Waals surface area contributed by atoms with Crippen LogP contribution in [0.25, 0.3) is 0 Å². The molecule has 0 saturated carbocycles. The number of rotatable bonds is 3. The molecule has 0 bridgehead atoms. The quantitative estimate of drug-likeness (QED) is 0.770. The Morgan fingerprint density at radius 3 is 3.06 bits per heavy atom. The van der Waals surface area contributed by atoms with Crippen LogP contribution in [0.1, 0.15) is 12.0 Å². The van der Waals surface area contributed by atoms with Crippen LogP contribution in [0.4, 0.5) is 5.69 Å². The summed E-state index contributed by atoms with van der Waals surface area (Å²) in [5.74, 6) is 0.840. The molecule has 0 unspecified atom stereocenters. The van der Waals surface area contributed by atoms with E-state index in [4.69, 9.17) is 10.5 Å². The van der Waals surface area contributed by atoms with E-state index in [1.54, 1.807) is 13.2 Å². The van der Waals surface area contributed by atoms with Gasteiger partial charge in [-0.3, -0.25) is 9.69 Å². The smallest absolute Gasteiger partial charge is 0.234 e. The number of nitrogens with two attached hydrogens (primary N) is 1. The second-order valence-corrected chi connectivity index (χ2v) is 4.53. The predicted octanol–water partition coefficient (Wildman–Crippen LogP) is 0.599. The predicted molar refractivity (Wildman–Crippen MR) is 70.3 cm³/mol. The monoisotopic (exact) mass is 249 g/mol. The maximum absolute atomic E-state index is 11.5. The van der Waals surface area contributed by atoms with Crippen LogP contribution in [0.3, 0.4) is 0 Å². The molecule has 1 amide bonds. The summed E-state index contributed by atoms with van der Waals surface area (Å²) in [5.41, 5.74) is 7.58. The van der Waals surface area contributed by atoms with Gasteiger partial charge >= 0.3 is 0 Å². The van der Waals surface area contributed by atoms with Gasteiger partial charge in [0, 0.05) is 31.4 Å². The molecule has 2 rings (SSSR count). The number of benzene rings is 1. The van der Waals surface area contributed by atoms with Crippen molar-refractivity contribution in [2.45, 2.75) is 13.0 Å². The van der Waals surface area contributed by atoms with Gasteiger partial charge in [-0.2, -0.15) is 0 Å². The van der Waals surface area contributed by atoms with E-state index >= 15 is 0 Å². The van der Waals surface area contributed by atoms with Crippen molar-refractivity contribution in [3.05, 3.63) is 23.8 Å². The summed E-state index contributed by atoms with van der Waals surface area (Å²) in [7, 11) is 1.62. The van der Waals surface area contributed by atoms with Crippen molar-refractivity contribution < 1.29 is 9.53 Å². The molecule has 0 aliphatic carbocycles. The van der Waals surface area contributed by atoms with Crippen molar-refractivity contribution in [2.24, 2.45) is 0 Å². The molecule has 1 fully saturated rings. The maximum atomic E-state index is 11.5. The van der Waals surface area contributed by atoms with Crippen LogP contribution < -0.4 is 15.8 Å². The molecule has 1 aliphatic heterocycles. The zero-order valence-electron chi connectivity index (χ0n) is 10.6. The molecule has 5 nitrogen and oxygen atoms in total. The highest BCUT2D eigenvalue weighted by Crippen LogP contribution is 2.19. The SMILES string of the molecule is COc1cc(N)cc(CN2CCCNC(=O)C2)c1. The molecule has 1 heterocycles. The van der Waals surface area contributed by atoms with Gasteiger partial charge in [0.1, 0.15) is 5.75 Å². The Bertz CT molecular complexity index is 434. The fraction of sp³-hybridized carbons (Fsp3) is 0.462. The van der Waals surface area contributed by atoms with Gasteiger partial charge in [0.2, 0.25) is 5.91 Å². The Kier molecular flexibility index (Phi) is 4.04. The molecule has 18 heavy (non-hydrogen) atoms. The van der Waals surface area contributed by atoms with Gasteiger partial charge in [-0.25, -0.2) is 0 Å². The van der Waals surface area contributed by atoms with Gasteiger partial charge in [0.05, 0.1) is 13.7 Å². The Balaban J connectivity index is 2.07. The minimum absolute atomic E-state index is 0.0865. The first-order valence-corrected chi connectivity index (χ1v) is 6.10. The first-order valence-electron chi connectivity index (χ1n) is 6.10. The second-order valence-electron chi connectivity index (χ2n) is 4.53. The average molecular weight is 249 g/mol. The number of nitrogen functional groups attached to an aromatic ring is 1. The fourth-order valence-electron chi connectivity index (χ4n) is 2.16. The van der Waals surface area contributed by atoms with Crippen molar-refractivity contribution >= 4 is 11.6 Å². The van der Waals surface area contributed by atoms with Crippen molar-refractivity contribution in [1.29, 1.82) is 0 Å². The third-order valence-corrected chi connectivity index (χ3v) is 2.97. The molecule has 0 radical (unpaired) electrons. The van der Waals surface area contributed by atoms with Gasteiger partial charge in [0.25, 0.3) is 0 Å². The average Bonchev–Trinajstić information content (AvgIpc) is 2.52. The summed E-state index contributed by atoms with van der Waals surface area (Å²) in [6.07, 6.45) is 0.977. The molecule has 98 valence electrons. The normalized spacial score (nSPS) is 17.1. The lowest BCUT2D eigenvalue weighted by Gasteiger charge is -2.19. The van der Waals surface area contributed by atoms with Gasteiger partial charge in [0.15, 0.2) is 0 Å². The van der Waals surface area contributed by atoms with Crippen LogP contribution in [-0.2, 0) is 11.3 Å². The van der Waals surface area contributed by atoms with Crippen molar-refractivity contribution in [2.75, 3.05) is 32.5 Å². The molecular weight excluding hydrogens is 230 g/mol. The summed E-state index contributed by atoms with van der Waals surface area (Å²) in [4.78, 5) is 13.6. The lowest BCUT2D eigenvalue weighted by Crippen LogP contribution is -2.32. The lowest BCUT2D eigenvalue weighted by molar-refractivity contribution is -0.121. The van der Waals surface area contributed by atoms with E-state index in [1.807, 2.05) is 12.1 Å². The van der Waals surface area contributed by atoms with E-state index in [9.17, 15) is 4.79 Å². The first kappa shape index (κ1) is 12.7. The molecule has 5 heteroatoms. The van der Waals surface area contributed by atoms with Gasteiger partial charge in [-0.15, -0.1) is 0 Å². The van der Waals surface area contributed by atoms with Gasteiger partial charge in [-0.1, -0.05) is 0 Å². The lowest BCUT2D eigenvalue weighted by atomic mass is 10.1. The number of hydrogen-bond acceptors (Lipinski definition) is 4. The molecule has 1 aromatic carbocycles. The molecule has 1 aliphatic rings. The topological polar surface area (TPSA) is 67.6 Å². The third-order valence-electron chi connectivity index (χ3n) is 2.97. The Hall–Kier alpha value is -1.75. The first-order chi connectivity index (χ1) is 8.67. The number of hydrogen-bond donors (Lipinski definition) is 2. The Labute approximate surface area is 107 Å². The Morgan fingerprint density at radius 2 is 2.28 bits per heavy atom. The van der Waals surface area contributed by atoms with Gasteiger partial charge < -0.3 is 15.8 Å². The number of ether oxygens (including phenoxy) is 1. The van der Waals surface area contributed by atoms with E-state index in [-0.39, 0.29) is 5.91 Å². The molecule has 1 saturated heterocycles. The number of nitrogens with one attached hydrogen (secondary N) is 1. The summed E-state index contributed by atoms with van der Waals surface area (Å²) < 4.78 is 5.19. The van der Waals surface area contributed by atoms with E-state index < -0.39 is 0 Å². The third kappa shape index (κ3) is 3.37.